The molecule has 0 spiro atoms. The van der Waals surface area contributed by atoms with Crippen molar-refractivity contribution in [3.05, 3.63) is 23.3 Å². The van der Waals surface area contributed by atoms with E-state index in [-0.39, 0.29) is 11.2 Å². The fraction of sp³-hybridized carbons (Fsp3) is 0.733. The number of nitrogens with one attached hydrogen (secondary N) is 1. The smallest absolute Gasteiger partial charge is 0.144 e. The van der Waals surface area contributed by atoms with Gasteiger partial charge in [-0.25, -0.2) is 4.39 Å². The molecule has 0 aromatic carbocycles. The Bertz CT molecular complexity index is 343. The molecule has 1 aromatic rings. The van der Waals surface area contributed by atoms with E-state index in [1.54, 1.807) is 6.07 Å². The molecule has 0 bridgehead atoms. The molecule has 0 radical (unpaired) electrons. The van der Waals surface area contributed by atoms with Gasteiger partial charge in [-0.1, -0.05) is 46.5 Å². The fourth-order valence-electron chi connectivity index (χ4n) is 2.69. The number of halogens is 1. The molecule has 0 saturated heterocycles. The predicted octanol–water partition coefficient (Wildman–Crippen LogP) is 5.10. The second-order valence-electron chi connectivity index (χ2n) is 5.44. The average Bonchev–Trinajstić information content (AvgIpc) is 2.59. The van der Waals surface area contributed by atoms with Crippen molar-refractivity contribution in [2.24, 2.45) is 0 Å². The number of rotatable bonds is 7. The van der Waals surface area contributed by atoms with Crippen LogP contribution in [0, 0.1) is 12.7 Å². The zero-order valence-electron chi connectivity index (χ0n) is 11.7. The molecule has 0 aliphatic rings. The standard InChI is InChI=1S/C15H26FN/c1-5-7-8-10-15(4,9-6-2)14-13(16)11-12(3)17-14/h11,17H,5-10H2,1-4H3. The molecule has 0 amide bonds. The van der Waals surface area contributed by atoms with Gasteiger partial charge < -0.3 is 4.98 Å². The van der Waals surface area contributed by atoms with Crippen LogP contribution in [0.25, 0.3) is 0 Å². The number of aromatic nitrogens is 1. The maximum Gasteiger partial charge on any atom is 0.144 e. The van der Waals surface area contributed by atoms with Gasteiger partial charge in [0, 0.05) is 11.1 Å². The van der Waals surface area contributed by atoms with Gasteiger partial charge in [-0.3, -0.25) is 0 Å². The second-order valence-corrected chi connectivity index (χ2v) is 5.44. The van der Waals surface area contributed by atoms with Crippen LogP contribution in [0.2, 0.25) is 0 Å². The van der Waals surface area contributed by atoms with Gasteiger partial charge in [0.05, 0.1) is 5.69 Å². The topological polar surface area (TPSA) is 15.8 Å². The highest BCUT2D eigenvalue weighted by molar-refractivity contribution is 5.22. The lowest BCUT2D eigenvalue weighted by Crippen LogP contribution is -2.23. The largest absolute Gasteiger partial charge is 0.360 e. The van der Waals surface area contributed by atoms with Crippen LogP contribution >= 0.6 is 0 Å². The van der Waals surface area contributed by atoms with Crippen LogP contribution in [0.5, 0.6) is 0 Å². The van der Waals surface area contributed by atoms with Crippen molar-refractivity contribution >= 4 is 0 Å². The fourth-order valence-corrected chi connectivity index (χ4v) is 2.69. The minimum absolute atomic E-state index is 0.0255. The highest BCUT2D eigenvalue weighted by atomic mass is 19.1. The van der Waals surface area contributed by atoms with Gasteiger partial charge in [-0.05, 0) is 25.8 Å². The Morgan fingerprint density at radius 3 is 2.35 bits per heavy atom. The van der Waals surface area contributed by atoms with Gasteiger partial charge in [-0.15, -0.1) is 0 Å². The summed E-state index contributed by atoms with van der Waals surface area (Å²) in [6, 6.07) is 1.61. The minimum Gasteiger partial charge on any atom is -0.360 e. The third-order valence-corrected chi connectivity index (χ3v) is 3.64. The molecular formula is C15H26FN. The first kappa shape index (κ1) is 14.3. The summed E-state index contributed by atoms with van der Waals surface area (Å²) in [6.45, 7) is 8.49. The van der Waals surface area contributed by atoms with Gasteiger partial charge in [0.25, 0.3) is 0 Å². The van der Waals surface area contributed by atoms with Crippen molar-refractivity contribution in [2.75, 3.05) is 0 Å². The first-order valence-corrected chi connectivity index (χ1v) is 6.89. The third-order valence-electron chi connectivity index (χ3n) is 3.64. The SMILES string of the molecule is CCCCCC(C)(CCC)c1[nH]c(C)cc1F. The van der Waals surface area contributed by atoms with Gasteiger partial charge in [-0.2, -0.15) is 0 Å². The van der Waals surface area contributed by atoms with Crippen LogP contribution in [0.4, 0.5) is 4.39 Å². The minimum atomic E-state index is -0.0602. The predicted molar refractivity (Wildman–Crippen MR) is 71.9 cm³/mol. The number of aromatic amines is 1. The molecule has 1 unspecified atom stereocenters. The van der Waals surface area contributed by atoms with Crippen LogP contribution in [0.3, 0.4) is 0 Å². The van der Waals surface area contributed by atoms with E-state index < -0.39 is 0 Å². The second kappa shape index (κ2) is 6.23. The summed E-state index contributed by atoms with van der Waals surface area (Å²) in [6.07, 6.45) is 6.86. The lowest BCUT2D eigenvalue weighted by molar-refractivity contribution is 0.356. The summed E-state index contributed by atoms with van der Waals surface area (Å²) in [5.74, 6) is -0.0602. The van der Waals surface area contributed by atoms with Gasteiger partial charge in [0.15, 0.2) is 0 Å². The zero-order valence-corrected chi connectivity index (χ0v) is 11.7. The van der Waals surface area contributed by atoms with Crippen molar-refractivity contribution in [3.63, 3.8) is 0 Å². The van der Waals surface area contributed by atoms with Gasteiger partial charge in [0.1, 0.15) is 5.82 Å². The van der Waals surface area contributed by atoms with Crippen molar-refractivity contribution in [3.8, 4) is 0 Å². The molecule has 0 aliphatic heterocycles. The van der Waals surface area contributed by atoms with Crippen molar-refractivity contribution in [1.29, 1.82) is 0 Å². The van der Waals surface area contributed by atoms with E-state index in [0.29, 0.717) is 0 Å². The maximum atomic E-state index is 13.9. The summed E-state index contributed by atoms with van der Waals surface area (Å²) in [4.78, 5) is 3.22. The Hall–Kier alpha value is -0.790. The summed E-state index contributed by atoms with van der Waals surface area (Å²) in [7, 11) is 0. The molecule has 1 N–H and O–H groups in total. The number of unbranched alkanes of at least 4 members (excludes halogenated alkanes) is 2. The molecule has 0 aliphatic carbocycles. The maximum absolute atomic E-state index is 13.9. The van der Waals surface area contributed by atoms with E-state index in [9.17, 15) is 4.39 Å². The van der Waals surface area contributed by atoms with E-state index in [2.05, 4.69) is 25.8 Å². The Morgan fingerprint density at radius 2 is 1.88 bits per heavy atom. The van der Waals surface area contributed by atoms with Crippen LogP contribution < -0.4 is 0 Å². The van der Waals surface area contributed by atoms with Gasteiger partial charge in [0.2, 0.25) is 0 Å². The molecule has 98 valence electrons. The van der Waals surface area contributed by atoms with E-state index in [1.165, 1.54) is 19.3 Å². The van der Waals surface area contributed by atoms with Crippen molar-refractivity contribution in [1.82, 2.24) is 4.98 Å². The normalized spacial score (nSPS) is 14.9. The summed E-state index contributed by atoms with van der Waals surface area (Å²) in [5.41, 5.74) is 1.71. The van der Waals surface area contributed by atoms with Crippen molar-refractivity contribution in [2.45, 2.75) is 71.6 Å². The van der Waals surface area contributed by atoms with E-state index in [0.717, 1.165) is 30.7 Å². The number of aryl methyl sites for hydroxylation is 1. The first-order valence-electron chi connectivity index (χ1n) is 6.89. The zero-order chi connectivity index (χ0) is 12.9. The molecule has 0 saturated carbocycles. The highest BCUT2D eigenvalue weighted by Crippen LogP contribution is 2.35. The molecule has 1 nitrogen and oxygen atoms in total. The number of hydrogen-bond acceptors (Lipinski definition) is 0. The third kappa shape index (κ3) is 3.58. The monoisotopic (exact) mass is 239 g/mol. The molecule has 1 atom stereocenters. The summed E-state index contributed by atoms with van der Waals surface area (Å²) < 4.78 is 13.9. The van der Waals surface area contributed by atoms with Crippen LogP contribution in [-0.4, -0.2) is 4.98 Å². The molecular weight excluding hydrogens is 213 g/mol. The Balaban J connectivity index is 2.86. The molecule has 17 heavy (non-hydrogen) atoms. The van der Waals surface area contributed by atoms with E-state index in [1.807, 2.05) is 6.92 Å². The lowest BCUT2D eigenvalue weighted by Gasteiger charge is -2.28. The van der Waals surface area contributed by atoms with Crippen molar-refractivity contribution < 1.29 is 4.39 Å². The van der Waals surface area contributed by atoms with E-state index in [4.69, 9.17) is 0 Å². The van der Waals surface area contributed by atoms with E-state index >= 15 is 0 Å². The van der Waals surface area contributed by atoms with Crippen LogP contribution in [0.1, 0.15) is 70.7 Å². The van der Waals surface area contributed by atoms with Crippen LogP contribution in [0.15, 0.2) is 6.07 Å². The summed E-state index contributed by atoms with van der Waals surface area (Å²) in [5, 5.41) is 0. The molecule has 2 heteroatoms. The average molecular weight is 239 g/mol. The van der Waals surface area contributed by atoms with Crippen LogP contribution in [-0.2, 0) is 5.41 Å². The number of H-pyrrole nitrogens is 1. The highest BCUT2D eigenvalue weighted by Gasteiger charge is 2.29. The molecule has 0 fully saturated rings. The Labute approximate surface area is 105 Å². The Morgan fingerprint density at radius 1 is 1.18 bits per heavy atom. The lowest BCUT2D eigenvalue weighted by atomic mass is 9.77. The molecule has 1 rings (SSSR count). The number of hydrogen-bond donors (Lipinski definition) is 1. The Kier molecular flexibility index (Phi) is 5.23. The quantitative estimate of drug-likeness (QED) is 0.637. The molecule has 1 heterocycles. The summed E-state index contributed by atoms with van der Waals surface area (Å²) >= 11 is 0. The first-order chi connectivity index (χ1) is 8.03. The van der Waals surface area contributed by atoms with Gasteiger partial charge >= 0.3 is 0 Å². The molecule has 1 aromatic heterocycles.